The van der Waals surface area contributed by atoms with Crippen molar-refractivity contribution in [3.63, 3.8) is 0 Å². The largest absolute Gasteiger partial charge is 0.343 e. The Morgan fingerprint density at radius 2 is 1.90 bits per heavy atom. The second-order valence-electron chi connectivity index (χ2n) is 5.81. The van der Waals surface area contributed by atoms with E-state index in [9.17, 15) is 4.79 Å². The molecule has 2 rings (SSSR count). The summed E-state index contributed by atoms with van der Waals surface area (Å²) in [6, 6.07) is 1.71. The van der Waals surface area contributed by atoms with Gasteiger partial charge in [0.25, 0.3) is 0 Å². The van der Waals surface area contributed by atoms with Crippen molar-refractivity contribution in [1.82, 2.24) is 14.9 Å². The number of carbonyl (C=O) groups is 1. The third-order valence-electron chi connectivity index (χ3n) is 3.60. The average Bonchev–Trinajstić information content (AvgIpc) is 2.90. The highest BCUT2D eigenvalue weighted by molar-refractivity contribution is 5.84. The number of likely N-dealkylation sites (tertiary alicyclic amines) is 1. The molecule has 0 saturated carbocycles. The Morgan fingerprint density at radius 1 is 1.25 bits per heavy atom. The summed E-state index contributed by atoms with van der Waals surface area (Å²) in [4.78, 5) is 23.0. The van der Waals surface area contributed by atoms with Gasteiger partial charge in [-0.2, -0.15) is 0 Å². The Morgan fingerprint density at radius 3 is 2.50 bits per heavy atom. The van der Waals surface area contributed by atoms with Crippen LogP contribution >= 0.6 is 0 Å². The maximum Gasteiger partial charge on any atom is 0.244 e. The van der Waals surface area contributed by atoms with E-state index in [0.717, 1.165) is 37.3 Å². The minimum absolute atomic E-state index is 0.138. The van der Waals surface area contributed by atoms with E-state index in [2.05, 4.69) is 29.1 Å². The molecule has 1 unspecified atom stereocenters. The van der Waals surface area contributed by atoms with Gasteiger partial charge in [0.15, 0.2) is 0 Å². The Hall–Kier alpha value is -1.65. The number of aryl methyl sites for hydroxylation is 1. The quantitative estimate of drug-likeness (QED) is 0.917. The monoisotopic (exact) mass is 276 g/mol. The van der Waals surface area contributed by atoms with Crippen molar-refractivity contribution in [2.24, 2.45) is 0 Å². The first-order valence-corrected chi connectivity index (χ1v) is 7.38. The minimum Gasteiger partial charge on any atom is -0.343 e. The zero-order valence-electron chi connectivity index (χ0n) is 12.8. The van der Waals surface area contributed by atoms with Gasteiger partial charge < -0.3 is 10.2 Å². The first-order valence-electron chi connectivity index (χ1n) is 7.38. The summed E-state index contributed by atoms with van der Waals surface area (Å²) in [5.41, 5.74) is 1.92. The van der Waals surface area contributed by atoms with Gasteiger partial charge in [0.05, 0.1) is 0 Å². The molecule has 1 atom stereocenters. The molecule has 1 aromatic rings. The van der Waals surface area contributed by atoms with Gasteiger partial charge in [-0.3, -0.25) is 4.79 Å². The topological polar surface area (TPSA) is 58.1 Å². The molecule has 0 aliphatic carbocycles. The smallest absolute Gasteiger partial charge is 0.244 e. The standard InChI is InChI=1S/C15H24N4O/c1-10(2)13-9-11(3)16-15(18-13)17-12(4)14(20)19-7-5-6-8-19/h9-10,12H,5-8H2,1-4H3,(H,16,17,18). The Labute approximate surface area is 120 Å². The van der Waals surface area contributed by atoms with Crippen molar-refractivity contribution >= 4 is 11.9 Å². The van der Waals surface area contributed by atoms with E-state index in [4.69, 9.17) is 0 Å². The van der Waals surface area contributed by atoms with Crippen LogP contribution in [-0.2, 0) is 4.79 Å². The van der Waals surface area contributed by atoms with Gasteiger partial charge in [-0.15, -0.1) is 0 Å². The van der Waals surface area contributed by atoms with Crippen molar-refractivity contribution in [2.45, 2.75) is 52.5 Å². The minimum atomic E-state index is -0.282. The fourth-order valence-electron chi connectivity index (χ4n) is 2.42. The highest BCUT2D eigenvalue weighted by Gasteiger charge is 2.23. The summed E-state index contributed by atoms with van der Waals surface area (Å²) in [6.07, 6.45) is 2.22. The Kier molecular flexibility index (Phi) is 4.57. The van der Waals surface area contributed by atoms with Crippen LogP contribution in [-0.4, -0.2) is 39.9 Å². The molecule has 1 fully saturated rings. The number of amides is 1. The van der Waals surface area contributed by atoms with E-state index in [1.54, 1.807) is 0 Å². The van der Waals surface area contributed by atoms with Crippen LogP contribution in [0.4, 0.5) is 5.95 Å². The van der Waals surface area contributed by atoms with Crippen LogP contribution in [0.3, 0.4) is 0 Å². The van der Waals surface area contributed by atoms with Crippen molar-refractivity contribution in [3.8, 4) is 0 Å². The molecule has 110 valence electrons. The molecule has 1 aliphatic heterocycles. The van der Waals surface area contributed by atoms with Crippen LogP contribution in [0.15, 0.2) is 6.07 Å². The second-order valence-corrected chi connectivity index (χ2v) is 5.81. The summed E-state index contributed by atoms with van der Waals surface area (Å²) in [5, 5.41) is 3.14. The maximum absolute atomic E-state index is 12.3. The Balaban J connectivity index is 2.06. The Bertz CT molecular complexity index is 481. The number of hydrogen-bond donors (Lipinski definition) is 1. The zero-order chi connectivity index (χ0) is 14.7. The molecule has 2 heterocycles. The normalized spacial score (nSPS) is 16.6. The highest BCUT2D eigenvalue weighted by Crippen LogP contribution is 2.16. The fraction of sp³-hybridized carbons (Fsp3) is 0.667. The predicted molar refractivity (Wildman–Crippen MR) is 79.8 cm³/mol. The lowest BCUT2D eigenvalue weighted by atomic mass is 10.1. The molecule has 0 bridgehead atoms. The maximum atomic E-state index is 12.3. The van der Waals surface area contributed by atoms with Crippen molar-refractivity contribution < 1.29 is 4.79 Å². The van der Waals surface area contributed by atoms with E-state index in [-0.39, 0.29) is 11.9 Å². The number of nitrogens with one attached hydrogen (secondary N) is 1. The number of anilines is 1. The summed E-state index contributed by atoms with van der Waals surface area (Å²) < 4.78 is 0. The van der Waals surface area contributed by atoms with Gasteiger partial charge in [-0.1, -0.05) is 13.8 Å². The molecule has 0 aromatic carbocycles. The number of hydrogen-bond acceptors (Lipinski definition) is 4. The van der Waals surface area contributed by atoms with Crippen LogP contribution in [0.2, 0.25) is 0 Å². The van der Waals surface area contributed by atoms with Crippen LogP contribution in [0.25, 0.3) is 0 Å². The molecule has 5 heteroatoms. The lowest BCUT2D eigenvalue weighted by Gasteiger charge is -2.21. The molecule has 1 aliphatic rings. The summed E-state index contributed by atoms with van der Waals surface area (Å²) in [5.74, 6) is 1.04. The predicted octanol–water partition coefficient (Wildman–Crippen LogP) is 2.33. The summed E-state index contributed by atoms with van der Waals surface area (Å²) in [7, 11) is 0. The van der Waals surface area contributed by atoms with Crippen molar-refractivity contribution in [1.29, 1.82) is 0 Å². The molecule has 1 saturated heterocycles. The van der Waals surface area contributed by atoms with Crippen molar-refractivity contribution in [2.75, 3.05) is 18.4 Å². The van der Waals surface area contributed by atoms with Crippen molar-refractivity contribution in [3.05, 3.63) is 17.5 Å². The van der Waals surface area contributed by atoms with E-state index >= 15 is 0 Å². The van der Waals surface area contributed by atoms with E-state index in [0.29, 0.717) is 11.9 Å². The number of nitrogens with zero attached hydrogens (tertiary/aromatic N) is 3. The van der Waals surface area contributed by atoms with Gasteiger partial charge in [0, 0.05) is 24.5 Å². The van der Waals surface area contributed by atoms with Gasteiger partial charge in [-0.05, 0) is 38.7 Å². The highest BCUT2D eigenvalue weighted by atomic mass is 16.2. The van der Waals surface area contributed by atoms with Crippen LogP contribution < -0.4 is 5.32 Å². The average molecular weight is 276 g/mol. The molecule has 1 N–H and O–H groups in total. The van der Waals surface area contributed by atoms with E-state index < -0.39 is 0 Å². The SMILES string of the molecule is Cc1cc(C(C)C)nc(NC(C)C(=O)N2CCCC2)n1. The van der Waals surface area contributed by atoms with E-state index in [1.807, 2.05) is 24.8 Å². The molecule has 0 spiro atoms. The third-order valence-corrected chi connectivity index (χ3v) is 3.60. The molecule has 20 heavy (non-hydrogen) atoms. The third kappa shape index (κ3) is 3.46. The molecule has 1 aromatic heterocycles. The summed E-state index contributed by atoms with van der Waals surface area (Å²) >= 11 is 0. The van der Waals surface area contributed by atoms with Gasteiger partial charge in [-0.25, -0.2) is 9.97 Å². The molecule has 5 nitrogen and oxygen atoms in total. The van der Waals surface area contributed by atoms with Crippen LogP contribution in [0.1, 0.15) is 50.9 Å². The van der Waals surface area contributed by atoms with Crippen LogP contribution in [0.5, 0.6) is 0 Å². The fourth-order valence-corrected chi connectivity index (χ4v) is 2.42. The second kappa shape index (κ2) is 6.20. The number of aromatic nitrogens is 2. The molecular weight excluding hydrogens is 252 g/mol. The molecular formula is C15H24N4O. The van der Waals surface area contributed by atoms with Gasteiger partial charge in [0.1, 0.15) is 6.04 Å². The zero-order valence-corrected chi connectivity index (χ0v) is 12.8. The van der Waals surface area contributed by atoms with E-state index in [1.165, 1.54) is 0 Å². The number of rotatable bonds is 4. The first-order chi connectivity index (χ1) is 9.47. The number of carbonyl (C=O) groups excluding carboxylic acids is 1. The van der Waals surface area contributed by atoms with Gasteiger partial charge >= 0.3 is 0 Å². The summed E-state index contributed by atoms with van der Waals surface area (Å²) in [6.45, 7) is 9.77. The van der Waals surface area contributed by atoms with Gasteiger partial charge in [0.2, 0.25) is 11.9 Å². The molecule has 0 radical (unpaired) electrons. The lowest BCUT2D eigenvalue weighted by Crippen LogP contribution is -2.40. The first kappa shape index (κ1) is 14.8. The molecule has 1 amide bonds. The van der Waals surface area contributed by atoms with Crippen LogP contribution in [0, 0.1) is 6.92 Å². The lowest BCUT2D eigenvalue weighted by molar-refractivity contribution is -0.130.